The summed E-state index contributed by atoms with van der Waals surface area (Å²) in [4.78, 5) is 12.7. The molecule has 0 aliphatic carbocycles. The van der Waals surface area contributed by atoms with Crippen LogP contribution in [-0.2, 0) is 0 Å². The molecule has 0 aliphatic rings. The smallest absolute Gasteiger partial charge is 0.263 e. The van der Waals surface area contributed by atoms with E-state index in [1.165, 1.54) is 11.3 Å². The van der Waals surface area contributed by atoms with Crippen molar-refractivity contribution in [2.75, 3.05) is 5.73 Å². The van der Waals surface area contributed by atoms with Crippen molar-refractivity contribution >= 4 is 22.9 Å². The fourth-order valence-corrected chi connectivity index (χ4v) is 2.55. The largest absolute Gasteiger partial charge is 0.397 e. The van der Waals surface area contributed by atoms with Gasteiger partial charge < -0.3 is 11.1 Å². The average Bonchev–Trinajstić information content (AvgIpc) is 2.83. The first-order valence-corrected chi connectivity index (χ1v) is 6.79. The van der Waals surface area contributed by atoms with Gasteiger partial charge in [0.05, 0.1) is 11.7 Å². The van der Waals surface area contributed by atoms with E-state index in [0.29, 0.717) is 10.6 Å². The minimum absolute atomic E-state index is 0.0280. The van der Waals surface area contributed by atoms with Gasteiger partial charge in [-0.25, -0.2) is 0 Å². The highest BCUT2D eigenvalue weighted by atomic mass is 32.1. The highest BCUT2D eigenvalue weighted by Crippen LogP contribution is 2.21. The number of carbonyl (C=O) groups is 1. The van der Waals surface area contributed by atoms with Gasteiger partial charge in [-0.1, -0.05) is 37.3 Å². The van der Waals surface area contributed by atoms with E-state index in [-0.39, 0.29) is 11.9 Å². The van der Waals surface area contributed by atoms with Crippen molar-refractivity contribution in [1.82, 2.24) is 5.32 Å². The lowest BCUT2D eigenvalue weighted by Gasteiger charge is -2.17. The van der Waals surface area contributed by atoms with Gasteiger partial charge in [-0.2, -0.15) is 0 Å². The van der Waals surface area contributed by atoms with Gasteiger partial charge in [0.15, 0.2) is 0 Å². The molecule has 18 heavy (non-hydrogen) atoms. The molecule has 3 nitrogen and oxygen atoms in total. The minimum Gasteiger partial charge on any atom is -0.397 e. The molecule has 2 aromatic rings. The molecule has 0 saturated heterocycles. The van der Waals surface area contributed by atoms with Crippen molar-refractivity contribution < 1.29 is 4.79 Å². The summed E-state index contributed by atoms with van der Waals surface area (Å²) in [5, 5.41) is 4.84. The zero-order valence-corrected chi connectivity index (χ0v) is 11.0. The highest BCUT2D eigenvalue weighted by molar-refractivity contribution is 7.12. The third-order valence-electron chi connectivity index (χ3n) is 2.82. The Hall–Kier alpha value is -1.81. The van der Waals surface area contributed by atoms with Crippen molar-refractivity contribution in [1.29, 1.82) is 0 Å². The summed E-state index contributed by atoms with van der Waals surface area (Å²) in [7, 11) is 0. The summed E-state index contributed by atoms with van der Waals surface area (Å²) >= 11 is 1.37. The lowest BCUT2D eigenvalue weighted by atomic mass is 10.0. The van der Waals surface area contributed by atoms with Crippen LogP contribution in [0.2, 0.25) is 0 Å². The Balaban J connectivity index is 2.13. The van der Waals surface area contributed by atoms with E-state index >= 15 is 0 Å². The SMILES string of the molecule is CCC(NC(=O)c1sccc1N)c1ccccc1. The lowest BCUT2D eigenvalue weighted by Crippen LogP contribution is -2.27. The van der Waals surface area contributed by atoms with Crippen molar-refractivity contribution in [2.24, 2.45) is 0 Å². The molecule has 1 heterocycles. The third-order valence-corrected chi connectivity index (χ3v) is 3.75. The first-order chi connectivity index (χ1) is 8.72. The van der Waals surface area contributed by atoms with Crippen molar-refractivity contribution in [3.8, 4) is 0 Å². The number of hydrogen-bond donors (Lipinski definition) is 2. The number of rotatable bonds is 4. The Morgan fingerprint density at radius 1 is 1.33 bits per heavy atom. The van der Waals surface area contributed by atoms with Crippen LogP contribution >= 0.6 is 11.3 Å². The first-order valence-electron chi connectivity index (χ1n) is 5.91. The molecule has 0 bridgehead atoms. The molecule has 0 saturated carbocycles. The molecule has 3 N–H and O–H groups in total. The minimum atomic E-state index is -0.0989. The van der Waals surface area contributed by atoms with E-state index in [1.54, 1.807) is 6.07 Å². The Morgan fingerprint density at radius 2 is 2.06 bits per heavy atom. The van der Waals surface area contributed by atoms with E-state index in [4.69, 9.17) is 5.73 Å². The van der Waals surface area contributed by atoms with E-state index in [0.717, 1.165) is 12.0 Å². The molecule has 4 heteroatoms. The molecule has 1 atom stereocenters. The molecule has 1 amide bonds. The average molecular weight is 260 g/mol. The first kappa shape index (κ1) is 12.6. The second-order valence-electron chi connectivity index (χ2n) is 4.05. The number of nitrogens with two attached hydrogens (primary N) is 1. The zero-order valence-electron chi connectivity index (χ0n) is 10.2. The number of thiophene rings is 1. The van der Waals surface area contributed by atoms with E-state index < -0.39 is 0 Å². The fraction of sp³-hybridized carbons (Fsp3) is 0.214. The molecular weight excluding hydrogens is 244 g/mol. The molecule has 0 fully saturated rings. The van der Waals surface area contributed by atoms with E-state index in [9.17, 15) is 4.79 Å². The highest BCUT2D eigenvalue weighted by Gasteiger charge is 2.16. The fourth-order valence-electron chi connectivity index (χ4n) is 1.83. The normalized spacial score (nSPS) is 12.1. The number of hydrogen-bond acceptors (Lipinski definition) is 3. The van der Waals surface area contributed by atoms with Crippen LogP contribution in [0.4, 0.5) is 5.69 Å². The van der Waals surface area contributed by atoms with Gasteiger partial charge >= 0.3 is 0 Å². The number of nitrogen functional groups attached to an aromatic ring is 1. The van der Waals surface area contributed by atoms with Crippen LogP contribution in [-0.4, -0.2) is 5.91 Å². The summed E-state index contributed by atoms with van der Waals surface area (Å²) in [6.45, 7) is 2.05. The molecule has 1 aromatic carbocycles. The maximum atomic E-state index is 12.1. The Bertz CT molecular complexity index is 522. The molecule has 2 rings (SSSR count). The maximum absolute atomic E-state index is 12.1. The topological polar surface area (TPSA) is 55.1 Å². The van der Waals surface area contributed by atoms with Gasteiger partial charge in [-0.05, 0) is 23.4 Å². The third kappa shape index (κ3) is 2.71. The van der Waals surface area contributed by atoms with Crippen LogP contribution in [0.25, 0.3) is 0 Å². The monoisotopic (exact) mass is 260 g/mol. The van der Waals surface area contributed by atoms with Gasteiger partial charge in [0.25, 0.3) is 5.91 Å². The molecule has 0 spiro atoms. The molecule has 0 radical (unpaired) electrons. The standard InChI is InChI=1S/C14H16N2OS/c1-2-12(10-6-4-3-5-7-10)16-14(17)13-11(15)8-9-18-13/h3-9,12H,2,15H2,1H3,(H,16,17). The van der Waals surface area contributed by atoms with Crippen molar-refractivity contribution in [3.05, 3.63) is 52.2 Å². The second kappa shape index (κ2) is 5.69. The Kier molecular flexibility index (Phi) is 3.99. The van der Waals surface area contributed by atoms with Gasteiger partial charge in [0, 0.05) is 0 Å². The molecule has 94 valence electrons. The molecule has 0 aliphatic heterocycles. The number of amides is 1. The summed E-state index contributed by atoms with van der Waals surface area (Å²) in [6.07, 6.45) is 0.848. The van der Waals surface area contributed by atoms with Gasteiger partial charge in [-0.15, -0.1) is 11.3 Å². The number of carbonyl (C=O) groups excluding carboxylic acids is 1. The van der Waals surface area contributed by atoms with Gasteiger partial charge in [0.1, 0.15) is 4.88 Å². The Morgan fingerprint density at radius 3 is 2.61 bits per heavy atom. The molecular formula is C14H16N2OS. The van der Waals surface area contributed by atoms with Crippen LogP contribution in [0.15, 0.2) is 41.8 Å². The predicted molar refractivity (Wildman–Crippen MR) is 75.7 cm³/mol. The number of benzene rings is 1. The summed E-state index contributed by atoms with van der Waals surface area (Å²) < 4.78 is 0. The predicted octanol–water partition coefficient (Wildman–Crippen LogP) is 3.21. The van der Waals surface area contributed by atoms with Crippen molar-refractivity contribution in [2.45, 2.75) is 19.4 Å². The summed E-state index contributed by atoms with van der Waals surface area (Å²) in [5.41, 5.74) is 7.40. The van der Waals surface area contributed by atoms with Crippen LogP contribution in [0, 0.1) is 0 Å². The van der Waals surface area contributed by atoms with E-state index in [2.05, 4.69) is 12.2 Å². The molecule has 1 unspecified atom stereocenters. The van der Waals surface area contributed by atoms with Gasteiger partial charge in [-0.3, -0.25) is 4.79 Å². The quantitative estimate of drug-likeness (QED) is 0.887. The van der Waals surface area contributed by atoms with Crippen LogP contribution in [0.1, 0.15) is 34.6 Å². The Labute approximate surface area is 111 Å². The summed E-state index contributed by atoms with van der Waals surface area (Å²) in [5.74, 6) is -0.0989. The van der Waals surface area contributed by atoms with E-state index in [1.807, 2.05) is 35.7 Å². The number of anilines is 1. The number of nitrogens with one attached hydrogen (secondary N) is 1. The zero-order chi connectivity index (χ0) is 13.0. The lowest BCUT2D eigenvalue weighted by molar-refractivity contribution is 0.0940. The maximum Gasteiger partial charge on any atom is 0.263 e. The second-order valence-corrected chi connectivity index (χ2v) is 4.97. The van der Waals surface area contributed by atoms with Gasteiger partial charge in [0.2, 0.25) is 0 Å². The van der Waals surface area contributed by atoms with Crippen LogP contribution in [0.3, 0.4) is 0 Å². The molecule has 1 aromatic heterocycles. The van der Waals surface area contributed by atoms with Crippen molar-refractivity contribution in [3.63, 3.8) is 0 Å². The van der Waals surface area contributed by atoms with Crippen LogP contribution < -0.4 is 11.1 Å². The van der Waals surface area contributed by atoms with Crippen LogP contribution in [0.5, 0.6) is 0 Å². The summed E-state index contributed by atoms with van der Waals surface area (Å²) in [6, 6.07) is 11.7.